The first kappa shape index (κ1) is 23.1. The maximum Gasteiger partial charge on any atom is 0.240 e. The molecule has 0 radical (unpaired) electrons. The van der Waals surface area contributed by atoms with Gasteiger partial charge in [0.1, 0.15) is 17.7 Å². The molecule has 0 bridgehead atoms. The Hall–Kier alpha value is -3.03. The van der Waals surface area contributed by atoms with Gasteiger partial charge in [-0.25, -0.2) is 9.97 Å². The molecule has 3 aromatic rings. The van der Waals surface area contributed by atoms with Crippen LogP contribution in [0.5, 0.6) is 0 Å². The monoisotopic (exact) mass is 446 g/mol. The number of hydrogen-bond donors (Lipinski definition) is 2. The van der Waals surface area contributed by atoms with E-state index in [9.17, 15) is 4.79 Å². The van der Waals surface area contributed by atoms with Crippen LogP contribution in [0.2, 0.25) is 0 Å². The molecule has 0 saturated carbocycles. The van der Waals surface area contributed by atoms with E-state index in [-0.39, 0.29) is 11.8 Å². The summed E-state index contributed by atoms with van der Waals surface area (Å²) in [5.41, 5.74) is 7.90. The number of hydrogen-bond acceptors (Lipinski definition) is 6. The van der Waals surface area contributed by atoms with E-state index in [1.54, 1.807) is 0 Å². The lowest BCUT2D eigenvalue weighted by molar-refractivity contribution is -0.119. The lowest BCUT2D eigenvalue weighted by atomic mass is 10.0. The number of amides is 1. The van der Waals surface area contributed by atoms with E-state index in [1.165, 1.54) is 5.56 Å². The van der Waals surface area contributed by atoms with Crippen LogP contribution in [0, 0.1) is 5.92 Å². The third-order valence-electron chi connectivity index (χ3n) is 6.30. The molecule has 0 aliphatic carbocycles. The van der Waals surface area contributed by atoms with Crippen LogP contribution in [0.4, 0.5) is 5.82 Å². The van der Waals surface area contributed by atoms with E-state index in [0.717, 1.165) is 55.9 Å². The number of benzene rings is 2. The van der Waals surface area contributed by atoms with Crippen LogP contribution >= 0.6 is 0 Å². The van der Waals surface area contributed by atoms with Gasteiger partial charge in [0.25, 0.3) is 0 Å². The summed E-state index contributed by atoms with van der Waals surface area (Å²) in [6.45, 7) is 9.80. The van der Waals surface area contributed by atoms with Gasteiger partial charge in [0.2, 0.25) is 5.91 Å². The highest BCUT2D eigenvalue weighted by molar-refractivity contribution is 5.91. The van der Waals surface area contributed by atoms with Crippen molar-refractivity contribution in [1.29, 1.82) is 0 Å². The van der Waals surface area contributed by atoms with Crippen LogP contribution in [0.15, 0.2) is 54.6 Å². The highest BCUT2D eigenvalue weighted by atomic mass is 16.1. The summed E-state index contributed by atoms with van der Waals surface area (Å²) in [6.07, 6.45) is 1.08. The fourth-order valence-electron chi connectivity index (χ4n) is 4.32. The number of nitrogens with two attached hydrogens (primary N) is 1. The molecule has 1 aromatic heterocycles. The number of para-hydroxylation sites is 1. The van der Waals surface area contributed by atoms with Crippen molar-refractivity contribution in [2.45, 2.75) is 32.9 Å². The second-order valence-corrected chi connectivity index (χ2v) is 9.13. The predicted octanol–water partition coefficient (Wildman–Crippen LogP) is 2.91. The minimum absolute atomic E-state index is 0.0589. The Morgan fingerprint density at radius 1 is 0.970 bits per heavy atom. The Labute approximate surface area is 196 Å². The number of aromatic nitrogens is 2. The van der Waals surface area contributed by atoms with Crippen LogP contribution in [-0.2, 0) is 17.8 Å². The van der Waals surface area contributed by atoms with Crippen molar-refractivity contribution in [2.24, 2.45) is 11.7 Å². The van der Waals surface area contributed by atoms with Gasteiger partial charge in [0, 0.05) is 38.1 Å². The summed E-state index contributed by atoms with van der Waals surface area (Å²) < 4.78 is 0. The largest absolute Gasteiger partial charge is 0.368 e. The summed E-state index contributed by atoms with van der Waals surface area (Å²) in [4.78, 5) is 26.5. The Morgan fingerprint density at radius 3 is 2.33 bits per heavy atom. The SMILES string of the molecule is CC(C)[C@H](Nc1nc(CN2CCN(CCc3ccccc3)CC2)nc2ccccc12)C(N)=O. The number of nitrogens with zero attached hydrogens (tertiary/aromatic N) is 4. The van der Waals surface area contributed by atoms with Crippen LogP contribution in [0.3, 0.4) is 0 Å². The number of fused-ring (bicyclic) bond motifs is 1. The Kier molecular flexibility index (Phi) is 7.52. The van der Waals surface area contributed by atoms with Crippen molar-refractivity contribution >= 4 is 22.6 Å². The Morgan fingerprint density at radius 2 is 1.64 bits per heavy atom. The van der Waals surface area contributed by atoms with E-state index < -0.39 is 6.04 Å². The van der Waals surface area contributed by atoms with E-state index in [1.807, 2.05) is 38.1 Å². The smallest absolute Gasteiger partial charge is 0.240 e. The average Bonchev–Trinajstić information content (AvgIpc) is 2.82. The molecule has 0 spiro atoms. The van der Waals surface area contributed by atoms with Gasteiger partial charge in [-0.1, -0.05) is 56.3 Å². The van der Waals surface area contributed by atoms with E-state index in [0.29, 0.717) is 12.4 Å². The first-order valence-corrected chi connectivity index (χ1v) is 11.8. The van der Waals surface area contributed by atoms with Crippen molar-refractivity contribution in [3.8, 4) is 0 Å². The molecule has 1 atom stereocenters. The molecule has 2 aromatic carbocycles. The molecule has 4 rings (SSSR count). The van der Waals surface area contributed by atoms with E-state index in [4.69, 9.17) is 15.7 Å². The lowest BCUT2D eigenvalue weighted by Crippen LogP contribution is -2.46. The van der Waals surface area contributed by atoms with Crippen LogP contribution in [-0.4, -0.2) is 64.4 Å². The highest BCUT2D eigenvalue weighted by Gasteiger charge is 2.22. The van der Waals surface area contributed by atoms with Crippen molar-refractivity contribution in [3.63, 3.8) is 0 Å². The molecule has 3 N–H and O–H groups in total. The number of primary amides is 1. The number of nitrogens with one attached hydrogen (secondary N) is 1. The van der Waals surface area contributed by atoms with Gasteiger partial charge in [-0.3, -0.25) is 9.69 Å². The average molecular weight is 447 g/mol. The van der Waals surface area contributed by atoms with Crippen LogP contribution in [0.25, 0.3) is 10.9 Å². The first-order chi connectivity index (χ1) is 16.0. The second-order valence-electron chi connectivity index (χ2n) is 9.13. The van der Waals surface area contributed by atoms with Crippen molar-refractivity contribution in [3.05, 3.63) is 66.0 Å². The molecule has 1 aliphatic heterocycles. The van der Waals surface area contributed by atoms with Gasteiger partial charge in [0.05, 0.1) is 12.1 Å². The van der Waals surface area contributed by atoms with Gasteiger partial charge in [-0.05, 0) is 30.0 Å². The van der Waals surface area contributed by atoms with Crippen molar-refractivity contribution < 1.29 is 4.79 Å². The lowest BCUT2D eigenvalue weighted by Gasteiger charge is -2.34. The molecule has 2 heterocycles. The molecule has 1 saturated heterocycles. The predicted molar refractivity (Wildman–Crippen MR) is 133 cm³/mol. The topological polar surface area (TPSA) is 87.4 Å². The number of piperazine rings is 1. The molecule has 174 valence electrons. The molecule has 1 amide bonds. The Balaban J connectivity index is 1.41. The maximum atomic E-state index is 12.0. The maximum absolute atomic E-state index is 12.0. The number of carbonyl (C=O) groups excluding carboxylic acids is 1. The molecule has 1 fully saturated rings. The fraction of sp³-hybridized carbons (Fsp3) is 0.423. The molecular weight excluding hydrogens is 412 g/mol. The van der Waals surface area contributed by atoms with Gasteiger partial charge < -0.3 is 16.0 Å². The van der Waals surface area contributed by atoms with Gasteiger partial charge >= 0.3 is 0 Å². The van der Waals surface area contributed by atoms with E-state index >= 15 is 0 Å². The number of rotatable bonds is 9. The molecule has 7 nitrogen and oxygen atoms in total. The zero-order valence-electron chi connectivity index (χ0n) is 19.6. The summed E-state index contributed by atoms with van der Waals surface area (Å²) in [5, 5.41) is 4.19. The van der Waals surface area contributed by atoms with Crippen molar-refractivity contribution in [1.82, 2.24) is 19.8 Å². The number of carbonyl (C=O) groups is 1. The summed E-state index contributed by atoms with van der Waals surface area (Å²) in [7, 11) is 0. The summed E-state index contributed by atoms with van der Waals surface area (Å²) in [5.74, 6) is 1.13. The van der Waals surface area contributed by atoms with Gasteiger partial charge in [-0.2, -0.15) is 0 Å². The van der Waals surface area contributed by atoms with Gasteiger partial charge in [-0.15, -0.1) is 0 Å². The third kappa shape index (κ3) is 6.06. The van der Waals surface area contributed by atoms with Crippen LogP contribution in [0.1, 0.15) is 25.2 Å². The molecular formula is C26H34N6O. The first-order valence-electron chi connectivity index (χ1n) is 11.8. The van der Waals surface area contributed by atoms with Crippen molar-refractivity contribution in [2.75, 3.05) is 38.0 Å². The normalized spacial score (nSPS) is 16.2. The highest BCUT2D eigenvalue weighted by Crippen LogP contribution is 2.23. The quantitative estimate of drug-likeness (QED) is 0.526. The zero-order chi connectivity index (χ0) is 23.2. The zero-order valence-corrected chi connectivity index (χ0v) is 19.6. The van der Waals surface area contributed by atoms with Crippen LogP contribution < -0.4 is 11.1 Å². The molecule has 7 heteroatoms. The fourth-order valence-corrected chi connectivity index (χ4v) is 4.32. The standard InChI is InChI=1S/C26H34N6O/c1-19(2)24(25(27)33)30-26-21-10-6-7-11-22(21)28-23(29-26)18-32-16-14-31(15-17-32)13-12-20-8-4-3-5-9-20/h3-11,19,24H,12-18H2,1-2H3,(H2,27,33)(H,28,29,30)/t24-/m0/s1. The van der Waals surface area contributed by atoms with Gasteiger partial charge in [0.15, 0.2) is 0 Å². The molecule has 0 unspecified atom stereocenters. The summed E-state index contributed by atoms with van der Waals surface area (Å²) >= 11 is 0. The minimum Gasteiger partial charge on any atom is -0.368 e. The molecule has 1 aliphatic rings. The Bertz CT molecular complexity index is 1060. The summed E-state index contributed by atoms with van der Waals surface area (Å²) in [6, 6.07) is 18.1. The van der Waals surface area contributed by atoms with E-state index in [2.05, 4.69) is 45.4 Å². The molecule has 33 heavy (non-hydrogen) atoms. The second kappa shape index (κ2) is 10.7. The number of anilines is 1. The minimum atomic E-state index is -0.482. The third-order valence-corrected chi connectivity index (χ3v) is 6.30.